The van der Waals surface area contributed by atoms with Crippen LogP contribution in [0.5, 0.6) is 11.5 Å². The number of benzene rings is 3. The Bertz CT molecular complexity index is 1830. The monoisotopic (exact) mass is 866 g/mol. The Morgan fingerprint density at radius 1 is 0.639 bits per heavy atom. The molecular formula is C47H66O13Si. The third kappa shape index (κ3) is 11.2. The quantitative estimate of drug-likeness (QED) is 0.129. The molecule has 0 unspecified atom stereocenters. The largest absolute Gasteiger partial charge is 0.497 e. The summed E-state index contributed by atoms with van der Waals surface area (Å²) in [4.78, 5) is 0. The van der Waals surface area contributed by atoms with Crippen molar-refractivity contribution in [2.24, 2.45) is 0 Å². The Labute approximate surface area is 362 Å². The van der Waals surface area contributed by atoms with Crippen molar-refractivity contribution in [3.63, 3.8) is 0 Å². The van der Waals surface area contributed by atoms with Gasteiger partial charge in [-0.1, -0.05) is 75.4 Å². The van der Waals surface area contributed by atoms with Gasteiger partial charge in [0.2, 0.25) is 0 Å². The second kappa shape index (κ2) is 19.0. The van der Waals surface area contributed by atoms with Crippen LogP contribution in [0.4, 0.5) is 0 Å². The molecule has 4 fully saturated rings. The van der Waals surface area contributed by atoms with Gasteiger partial charge in [-0.25, -0.2) is 0 Å². The van der Waals surface area contributed by atoms with E-state index in [0.29, 0.717) is 13.2 Å². The number of ether oxygens (including phenoxy) is 12. The van der Waals surface area contributed by atoms with Gasteiger partial charge >= 0.3 is 0 Å². The lowest BCUT2D eigenvalue weighted by molar-refractivity contribution is -0.366. The van der Waals surface area contributed by atoms with Gasteiger partial charge in [-0.15, -0.1) is 0 Å². The van der Waals surface area contributed by atoms with E-state index >= 15 is 0 Å². The summed E-state index contributed by atoms with van der Waals surface area (Å²) in [5.74, 6) is -0.283. The van der Waals surface area contributed by atoms with Crippen molar-refractivity contribution in [1.29, 1.82) is 0 Å². The lowest BCUT2D eigenvalue weighted by atomic mass is 9.97. The summed E-state index contributed by atoms with van der Waals surface area (Å²) in [6.07, 6.45) is -5.97. The van der Waals surface area contributed by atoms with Gasteiger partial charge < -0.3 is 61.3 Å². The van der Waals surface area contributed by atoms with Crippen LogP contribution in [0.2, 0.25) is 18.1 Å². The molecule has 14 heteroatoms. The van der Waals surface area contributed by atoms with Crippen LogP contribution in [0, 0.1) is 0 Å². The summed E-state index contributed by atoms with van der Waals surface area (Å²) in [6.45, 7) is 20.0. The Hall–Kier alpha value is -2.96. The summed E-state index contributed by atoms with van der Waals surface area (Å²) < 4.78 is 84.2. The fourth-order valence-electron chi connectivity index (χ4n) is 7.96. The third-order valence-electron chi connectivity index (χ3n) is 12.1. The molecule has 7 rings (SSSR count). The molecule has 4 aliphatic rings. The molecule has 61 heavy (non-hydrogen) atoms. The smallest absolute Gasteiger partial charge is 0.192 e. The predicted molar refractivity (Wildman–Crippen MR) is 229 cm³/mol. The van der Waals surface area contributed by atoms with Crippen LogP contribution in [-0.2, 0) is 65.0 Å². The fraction of sp³-hybridized carbons (Fsp3) is 0.617. The standard InChI is InChI=1S/C47H66O13Si/c1-45(2,3)61(10,11)60-42-41(51-26-31-17-21-33(48-8)22-18-31)38-35(28-52-43(55-38)32-19-23-34(49-9)24-20-32)54-44(42)53-29-37-40(59-47(6,7)57-37)39-36(56-46(4,5)58-39)27-50-25-30-15-13-12-14-16-30/h12-24,35-44H,25-29H2,1-11H3/t35-,36-,37-,38-,39-,40-,41+,42+,43-,44-/m1/s1. The van der Waals surface area contributed by atoms with E-state index in [9.17, 15) is 0 Å². The summed E-state index contributed by atoms with van der Waals surface area (Å²) >= 11 is 0. The first kappa shape index (κ1) is 46.0. The zero-order chi connectivity index (χ0) is 43.6. The van der Waals surface area contributed by atoms with E-state index in [0.717, 1.165) is 28.2 Å². The SMILES string of the molecule is COc1ccc(CO[C@@H]2[C@H](O[Si](C)(C)C(C)(C)C)[C@H](OC[C@H]3OC(C)(C)O[C@H]3[C@@H]3OC(C)(C)O[C@@H]3COCc3ccccc3)O[C@@H]3CO[C@@H](c4ccc(OC)cc4)O[C@@H]23)cc1. The van der Waals surface area contributed by atoms with Crippen LogP contribution in [0.15, 0.2) is 78.9 Å². The minimum absolute atomic E-state index is 0.104. The van der Waals surface area contributed by atoms with E-state index in [1.54, 1.807) is 14.2 Å². The predicted octanol–water partition coefficient (Wildman–Crippen LogP) is 8.09. The van der Waals surface area contributed by atoms with Crippen molar-refractivity contribution in [3.8, 4) is 11.5 Å². The fourth-order valence-corrected chi connectivity index (χ4v) is 9.23. The van der Waals surface area contributed by atoms with E-state index in [1.165, 1.54) is 0 Å². The second-order valence-electron chi connectivity index (χ2n) is 18.7. The lowest BCUT2D eigenvalue weighted by Gasteiger charge is -2.51. The highest BCUT2D eigenvalue weighted by atomic mass is 28.4. The van der Waals surface area contributed by atoms with Crippen molar-refractivity contribution in [2.45, 2.75) is 153 Å². The minimum atomic E-state index is -2.49. The summed E-state index contributed by atoms with van der Waals surface area (Å²) in [5, 5.41) is -0.140. The lowest BCUT2D eigenvalue weighted by Crippen LogP contribution is -2.66. The third-order valence-corrected chi connectivity index (χ3v) is 16.6. The van der Waals surface area contributed by atoms with Gasteiger partial charge in [0.25, 0.3) is 0 Å². The van der Waals surface area contributed by atoms with Gasteiger partial charge in [0.05, 0.1) is 47.3 Å². The van der Waals surface area contributed by atoms with Gasteiger partial charge in [-0.3, -0.25) is 0 Å². The Morgan fingerprint density at radius 2 is 1.21 bits per heavy atom. The molecule has 336 valence electrons. The van der Waals surface area contributed by atoms with Gasteiger partial charge in [-0.05, 0) is 81.2 Å². The number of fused-ring (bicyclic) bond motifs is 1. The summed E-state index contributed by atoms with van der Waals surface area (Å²) in [5.41, 5.74) is 2.90. The molecule has 0 bridgehead atoms. The molecule has 4 saturated heterocycles. The van der Waals surface area contributed by atoms with E-state index < -0.39 is 81.3 Å². The molecule has 0 aromatic heterocycles. The van der Waals surface area contributed by atoms with Crippen molar-refractivity contribution in [3.05, 3.63) is 95.6 Å². The maximum absolute atomic E-state index is 7.29. The van der Waals surface area contributed by atoms with Gasteiger partial charge in [-0.2, -0.15) is 0 Å². The topological polar surface area (TPSA) is 120 Å². The van der Waals surface area contributed by atoms with Crippen molar-refractivity contribution in [1.82, 2.24) is 0 Å². The van der Waals surface area contributed by atoms with E-state index in [2.05, 4.69) is 33.9 Å². The molecule has 0 spiro atoms. The molecule has 0 radical (unpaired) electrons. The maximum atomic E-state index is 7.29. The highest BCUT2D eigenvalue weighted by Crippen LogP contribution is 2.44. The van der Waals surface area contributed by atoms with Crippen LogP contribution in [-0.4, -0.2) is 109 Å². The number of hydrogen-bond donors (Lipinski definition) is 0. The average Bonchev–Trinajstić information content (AvgIpc) is 3.72. The number of hydrogen-bond acceptors (Lipinski definition) is 13. The minimum Gasteiger partial charge on any atom is -0.497 e. The zero-order valence-electron chi connectivity index (χ0n) is 37.6. The van der Waals surface area contributed by atoms with Crippen molar-refractivity contribution >= 4 is 8.32 Å². The van der Waals surface area contributed by atoms with E-state index in [4.69, 9.17) is 61.3 Å². The van der Waals surface area contributed by atoms with Crippen LogP contribution in [0.25, 0.3) is 0 Å². The van der Waals surface area contributed by atoms with Gasteiger partial charge in [0, 0.05) is 5.56 Å². The van der Waals surface area contributed by atoms with E-state index in [1.807, 2.05) is 107 Å². The number of methoxy groups -OCH3 is 2. The Morgan fingerprint density at radius 3 is 1.80 bits per heavy atom. The molecule has 10 atom stereocenters. The Kier molecular flexibility index (Phi) is 14.4. The molecule has 0 amide bonds. The van der Waals surface area contributed by atoms with Crippen LogP contribution < -0.4 is 9.47 Å². The highest BCUT2D eigenvalue weighted by Gasteiger charge is 2.57. The molecule has 0 aliphatic carbocycles. The van der Waals surface area contributed by atoms with E-state index in [-0.39, 0.29) is 24.9 Å². The van der Waals surface area contributed by atoms with Crippen LogP contribution in [0.3, 0.4) is 0 Å². The molecule has 4 heterocycles. The molecule has 3 aromatic rings. The first-order chi connectivity index (χ1) is 28.9. The maximum Gasteiger partial charge on any atom is 0.192 e. The molecule has 13 nitrogen and oxygen atoms in total. The van der Waals surface area contributed by atoms with Crippen LogP contribution >= 0.6 is 0 Å². The zero-order valence-corrected chi connectivity index (χ0v) is 38.6. The van der Waals surface area contributed by atoms with Crippen molar-refractivity contribution < 1.29 is 61.3 Å². The molecule has 3 aromatic carbocycles. The highest BCUT2D eigenvalue weighted by molar-refractivity contribution is 6.74. The van der Waals surface area contributed by atoms with Crippen LogP contribution in [0.1, 0.15) is 71.4 Å². The Balaban J connectivity index is 1.15. The molecule has 4 aliphatic heterocycles. The average molecular weight is 867 g/mol. The summed E-state index contributed by atoms with van der Waals surface area (Å²) in [6, 6.07) is 25.6. The normalized spacial score (nSPS) is 31.1. The number of rotatable bonds is 16. The first-order valence-electron chi connectivity index (χ1n) is 21.4. The van der Waals surface area contributed by atoms with Gasteiger partial charge in [0.15, 0.2) is 32.5 Å². The summed E-state index contributed by atoms with van der Waals surface area (Å²) in [7, 11) is 0.805. The molecular weight excluding hydrogens is 801 g/mol. The molecule has 0 saturated carbocycles. The second-order valence-corrected chi connectivity index (χ2v) is 23.4. The molecule has 0 N–H and O–H groups in total. The van der Waals surface area contributed by atoms with Gasteiger partial charge in [0.1, 0.15) is 60.3 Å². The first-order valence-corrected chi connectivity index (χ1v) is 24.3. The van der Waals surface area contributed by atoms with Crippen molar-refractivity contribution in [2.75, 3.05) is 34.0 Å².